The maximum absolute atomic E-state index is 6.23. The van der Waals surface area contributed by atoms with E-state index in [0.717, 1.165) is 5.75 Å². The van der Waals surface area contributed by atoms with Gasteiger partial charge < -0.3 is 4.74 Å². The molecule has 0 amide bonds. The number of benzene rings is 3. The third-order valence-electron chi connectivity index (χ3n) is 5.21. The van der Waals surface area contributed by atoms with Crippen LogP contribution in [0.3, 0.4) is 0 Å². The molecule has 112 valence electrons. The summed E-state index contributed by atoms with van der Waals surface area (Å²) in [6.07, 6.45) is 4.55. The predicted octanol–water partition coefficient (Wildman–Crippen LogP) is 5.77. The molecule has 23 heavy (non-hydrogen) atoms. The van der Waals surface area contributed by atoms with Crippen LogP contribution in [-0.2, 0) is 0 Å². The van der Waals surface area contributed by atoms with E-state index in [1.165, 1.54) is 38.6 Å². The molecule has 0 N–H and O–H groups in total. The van der Waals surface area contributed by atoms with Crippen molar-refractivity contribution in [3.8, 4) is 16.9 Å². The lowest BCUT2D eigenvalue weighted by atomic mass is 9.88. The van der Waals surface area contributed by atoms with Crippen LogP contribution in [0, 0.1) is 0 Å². The molecule has 0 bridgehead atoms. The zero-order valence-electron chi connectivity index (χ0n) is 13.3. The van der Waals surface area contributed by atoms with Gasteiger partial charge in [0.15, 0.2) is 0 Å². The topological polar surface area (TPSA) is 9.23 Å². The van der Waals surface area contributed by atoms with Gasteiger partial charge in [-0.3, -0.25) is 0 Å². The minimum atomic E-state index is 0.128. The first-order valence-electron chi connectivity index (χ1n) is 8.28. The van der Waals surface area contributed by atoms with Gasteiger partial charge in [-0.1, -0.05) is 61.5 Å². The van der Waals surface area contributed by atoms with E-state index in [1.54, 1.807) is 0 Å². The third kappa shape index (κ3) is 1.62. The monoisotopic (exact) mass is 298 g/mol. The Labute approximate surface area is 136 Å². The van der Waals surface area contributed by atoms with Crippen molar-refractivity contribution in [1.29, 1.82) is 0 Å². The largest absolute Gasteiger partial charge is 0.485 e. The Morgan fingerprint density at radius 1 is 0.870 bits per heavy atom. The molecule has 2 unspecified atom stereocenters. The molecule has 2 atom stereocenters. The molecule has 1 aliphatic carbocycles. The van der Waals surface area contributed by atoms with Crippen molar-refractivity contribution in [3.63, 3.8) is 0 Å². The van der Waals surface area contributed by atoms with E-state index in [-0.39, 0.29) is 6.10 Å². The first-order valence-corrected chi connectivity index (χ1v) is 8.28. The fourth-order valence-corrected chi connectivity index (χ4v) is 4.19. The summed E-state index contributed by atoms with van der Waals surface area (Å²) in [4.78, 5) is 0. The molecule has 3 aromatic carbocycles. The van der Waals surface area contributed by atoms with Crippen LogP contribution in [0.1, 0.15) is 36.5 Å². The standard InChI is InChI=1S/C22H18O/c1-13-11-12-19-20-14(2)15-7-3-4-8-16(15)21(20)17-9-5-6-10-18(17)22(19)23-13/h3-14H,1-2H3. The van der Waals surface area contributed by atoms with Crippen LogP contribution < -0.4 is 4.74 Å². The molecule has 2 aliphatic rings. The van der Waals surface area contributed by atoms with Crippen LogP contribution in [0.25, 0.3) is 28.0 Å². The Balaban J connectivity index is 1.99. The average Bonchev–Trinajstić information content (AvgIpc) is 2.89. The van der Waals surface area contributed by atoms with Crippen LogP contribution in [0.2, 0.25) is 0 Å². The van der Waals surface area contributed by atoms with Crippen LogP contribution in [0.4, 0.5) is 0 Å². The molecule has 0 aromatic heterocycles. The van der Waals surface area contributed by atoms with Crippen molar-refractivity contribution >= 4 is 16.8 Å². The van der Waals surface area contributed by atoms with Gasteiger partial charge in [-0.25, -0.2) is 0 Å². The SMILES string of the molecule is CC1C=Cc2c3c(c4ccccc4c2O1)-c1ccccc1C3C. The van der Waals surface area contributed by atoms with E-state index in [1.807, 2.05) is 0 Å². The zero-order valence-corrected chi connectivity index (χ0v) is 13.3. The summed E-state index contributed by atoms with van der Waals surface area (Å²) in [5, 5.41) is 2.53. The number of hydrogen-bond donors (Lipinski definition) is 0. The van der Waals surface area contributed by atoms with Crippen molar-refractivity contribution in [3.05, 3.63) is 71.3 Å². The van der Waals surface area contributed by atoms with Crippen molar-refractivity contribution in [1.82, 2.24) is 0 Å². The van der Waals surface area contributed by atoms with E-state index in [9.17, 15) is 0 Å². The van der Waals surface area contributed by atoms with Crippen LogP contribution in [-0.4, -0.2) is 6.10 Å². The quantitative estimate of drug-likeness (QED) is 0.512. The molecule has 1 aliphatic heterocycles. The zero-order chi connectivity index (χ0) is 15.6. The van der Waals surface area contributed by atoms with Gasteiger partial charge >= 0.3 is 0 Å². The second-order valence-electron chi connectivity index (χ2n) is 6.57. The highest BCUT2D eigenvalue weighted by Crippen LogP contribution is 2.53. The first kappa shape index (κ1) is 13.0. The summed E-state index contributed by atoms with van der Waals surface area (Å²) in [5.41, 5.74) is 6.88. The number of fused-ring (bicyclic) bond motifs is 8. The lowest BCUT2D eigenvalue weighted by Gasteiger charge is -2.24. The van der Waals surface area contributed by atoms with Crippen LogP contribution in [0.15, 0.2) is 54.6 Å². The summed E-state index contributed by atoms with van der Waals surface area (Å²) in [7, 11) is 0. The highest BCUT2D eigenvalue weighted by molar-refractivity contribution is 6.07. The second-order valence-corrected chi connectivity index (χ2v) is 6.57. The minimum absolute atomic E-state index is 0.128. The van der Waals surface area contributed by atoms with Gasteiger partial charge in [-0.2, -0.15) is 0 Å². The van der Waals surface area contributed by atoms with Crippen molar-refractivity contribution < 1.29 is 4.74 Å². The van der Waals surface area contributed by atoms with Crippen LogP contribution in [0.5, 0.6) is 5.75 Å². The molecule has 1 heterocycles. The Kier molecular flexibility index (Phi) is 2.52. The Bertz CT molecular complexity index is 981. The first-order chi connectivity index (χ1) is 11.3. The van der Waals surface area contributed by atoms with Gasteiger partial charge in [0.25, 0.3) is 0 Å². The van der Waals surface area contributed by atoms with E-state index in [4.69, 9.17) is 4.74 Å². The molecule has 1 heteroatoms. The smallest absolute Gasteiger partial charge is 0.135 e. The molecule has 5 rings (SSSR count). The summed E-state index contributed by atoms with van der Waals surface area (Å²) >= 11 is 0. The van der Waals surface area contributed by atoms with Crippen molar-refractivity contribution in [2.45, 2.75) is 25.9 Å². The fraction of sp³-hybridized carbons (Fsp3) is 0.182. The summed E-state index contributed by atoms with van der Waals surface area (Å²) in [6.45, 7) is 4.41. The predicted molar refractivity (Wildman–Crippen MR) is 96.0 cm³/mol. The van der Waals surface area contributed by atoms with Gasteiger partial charge in [0.2, 0.25) is 0 Å². The summed E-state index contributed by atoms with van der Waals surface area (Å²) in [5.74, 6) is 1.45. The maximum atomic E-state index is 6.23. The molecule has 1 nitrogen and oxygen atoms in total. The lowest BCUT2D eigenvalue weighted by molar-refractivity contribution is 0.269. The molecule has 3 aromatic rings. The molecule has 0 saturated heterocycles. The molecule has 0 spiro atoms. The van der Waals surface area contributed by atoms with E-state index in [2.05, 4.69) is 74.5 Å². The van der Waals surface area contributed by atoms with Gasteiger partial charge in [0, 0.05) is 16.9 Å². The van der Waals surface area contributed by atoms with Gasteiger partial charge in [-0.15, -0.1) is 0 Å². The third-order valence-corrected chi connectivity index (χ3v) is 5.21. The average molecular weight is 298 g/mol. The van der Waals surface area contributed by atoms with E-state index in [0.29, 0.717) is 5.92 Å². The minimum Gasteiger partial charge on any atom is -0.485 e. The number of hydrogen-bond acceptors (Lipinski definition) is 1. The molecule has 0 saturated carbocycles. The van der Waals surface area contributed by atoms with E-state index < -0.39 is 0 Å². The van der Waals surface area contributed by atoms with Crippen LogP contribution >= 0.6 is 0 Å². The highest BCUT2D eigenvalue weighted by Gasteiger charge is 2.32. The normalized spacial score (nSPS) is 20.8. The molecular formula is C22H18O. The second kappa shape index (κ2) is 4.48. The van der Waals surface area contributed by atoms with E-state index >= 15 is 0 Å². The Morgan fingerprint density at radius 2 is 1.61 bits per heavy atom. The summed E-state index contributed by atoms with van der Waals surface area (Å²) < 4.78 is 6.23. The summed E-state index contributed by atoms with van der Waals surface area (Å²) in [6, 6.07) is 17.5. The Morgan fingerprint density at radius 3 is 2.48 bits per heavy atom. The van der Waals surface area contributed by atoms with Gasteiger partial charge in [-0.05, 0) is 40.6 Å². The maximum Gasteiger partial charge on any atom is 0.135 e. The van der Waals surface area contributed by atoms with Crippen molar-refractivity contribution in [2.75, 3.05) is 0 Å². The molecule has 0 radical (unpaired) electrons. The van der Waals surface area contributed by atoms with Gasteiger partial charge in [0.1, 0.15) is 11.9 Å². The number of ether oxygens (including phenoxy) is 1. The molecular weight excluding hydrogens is 280 g/mol. The Hall–Kier alpha value is -2.54. The van der Waals surface area contributed by atoms with Crippen molar-refractivity contribution in [2.24, 2.45) is 0 Å². The lowest BCUT2D eigenvalue weighted by Crippen LogP contribution is -2.14. The highest BCUT2D eigenvalue weighted by atomic mass is 16.5. The molecule has 0 fully saturated rings. The number of rotatable bonds is 0. The fourth-order valence-electron chi connectivity index (χ4n) is 4.19. The van der Waals surface area contributed by atoms with Gasteiger partial charge in [0.05, 0.1) is 0 Å².